The number of carbonyl (C=O) groups is 1. The maximum Gasteiger partial charge on any atom is 0.237 e. The number of nitrogens with zero attached hydrogens (tertiary/aromatic N) is 1. The fourth-order valence-electron chi connectivity index (χ4n) is 2.64. The minimum atomic E-state index is -0.145. The van der Waals surface area contributed by atoms with E-state index in [2.05, 4.69) is 38.3 Å². The van der Waals surface area contributed by atoms with Crippen molar-refractivity contribution in [3.63, 3.8) is 0 Å². The van der Waals surface area contributed by atoms with Crippen molar-refractivity contribution in [3.8, 4) is 0 Å². The van der Waals surface area contributed by atoms with Crippen LogP contribution in [0.2, 0.25) is 0 Å². The molecule has 1 aliphatic heterocycles. The second-order valence-corrected chi connectivity index (χ2v) is 5.98. The van der Waals surface area contributed by atoms with Gasteiger partial charge in [-0.1, -0.05) is 28.1 Å². The van der Waals surface area contributed by atoms with Crippen molar-refractivity contribution >= 4 is 21.8 Å². The number of nitrogens with one attached hydrogen (secondary N) is 1. The van der Waals surface area contributed by atoms with Gasteiger partial charge in [0.2, 0.25) is 5.91 Å². The van der Waals surface area contributed by atoms with E-state index in [1.165, 1.54) is 0 Å². The average molecular weight is 326 g/mol. The molecule has 1 saturated heterocycles. The van der Waals surface area contributed by atoms with Gasteiger partial charge in [0, 0.05) is 23.6 Å². The number of carbonyl (C=O) groups excluding carboxylic acids is 1. The van der Waals surface area contributed by atoms with E-state index in [9.17, 15) is 4.79 Å². The fourth-order valence-corrected chi connectivity index (χ4v) is 2.90. The van der Waals surface area contributed by atoms with Crippen LogP contribution >= 0.6 is 15.9 Å². The van der Waals surface area contributed by atoms with E-state index in [1.807, 2.05) is 26.0 Å². The molecule has 1 amide bonds. The summed E-state index contributed by atoms with van der Waals surface area (Å²) in [6.07, 6.45) is 0. The van der Waals surface area contributed by atoms with E-state index < -0.39 is 0 Å². The Bertz CT molecular complexity index is 447. The Morgan fingerprint density at radius 2 is 2.05 bits per heavy atom. The Labute approximate surface area is 122 Å². The summed E-state index contributed by atoms with van der Waals surface area (Å²) in [5, 5.41) is 2.89. The van der Waals surface area contributed by atoms with Crippen molar-refractivity contribution in [3.05, 3.63) is 34.3 Å². The van der Waals surface area contributed by atoms with E-state index in [1.54, 1.807) is 0 Å². The van der Waals surface area contributed by atoms with Crippen LogP contribution in [-0.4, -0.2) is 36.0 Å². The number of amides is 1. The van der Waals surface area contributed by atoms with Gasteiger partial charge in [0.1, 0.15) is 0 Å². The summed E-state index contributed by atoms with van der Waals surface area (Å²) >= 11 is 3.44. The molecule has 3 N–H and O–H groups in total. The van der Waals surface area contributed by atoms with Crippen LogP contribution in [0.1, 0.15) is 25.5 Å². The molecule has 5 heteroatoms. The van der Waals surface area contributed by atoms with Crippen LogP contribution in [0.5, 0.6) is 0 Å². The summed E-state index contributed by atoms with van der Waals surface area (Å²) in [6.45, 7) is 5.44. The summed E-state index contributed by atoms with van der Waals surface area (Å²) in [4.78, 5) is 14.0. The number of hydrogen-bond acceptors (Lipinski definition) is 3. The molecule has 1 fully saturated rings. The zero-order chi connectivity index (χ0) is 14.0. The molecule has 1 aliphatic rings. The van der Waals surface area contributed by atoms with Crippen molar-refractivity contribution < 1.29 is 4.79 Å². The monoisotopic (exact) mass is 325 g/mol. The Hall–Kier alpha value is -0.910. The normalized spacial score (nSPS) is 23.8. The van der Waals surface area contributed by atoms with Crippen molar-refractivity contribution in [2.45, 2.75) is 32.0 Å². The zero-order valence-corrected chi connectivity index (χ0v) is 12.9. The molecular weight excluding hydrogens is 306 g/mol. The van der Waals surface area contributed by atoms with E-state index in [4.69, 9.17) is 5.73 Å². The van der Waals surface area contributed by atoms with Gasteiger partial charge in [0.05, 0.1) is 12.1 Å². The molecule has 0 bridgehead atoms. The lowest BCUT2D eigenvalue weighted by atomic mass is 9.96. The summed E-state index contributed by atoms with van der Waals surface area (Å²) < 4.78 is 1.05. The summed E-state index contributed by atoms with van der Waals surface area (Å²) in [5.74, 6) is 0.0778. The van der Waals surface area contributed by atoms with Gasteiger partial charge in [-0.15, -0.1) is 0 Å². The van der Waals surface area contributed by atoms with Crippen molar-refractivity contribution in [1.29, 1.82) is 0 Å². The van der Waals surface area contributed by atoms with Gasteiger partial charge in [-0.2, -0.15) is 0 Å². The highest BCUT2D eigenvalue weighted by atomic mass is 79.9. The van der Waals surface area contributed by atoms with Gasteiger partial charge in [-0.3, -0.25) is 9.69 Å². The number of rotatable bonds is 3. The van der Waals surface area contributed by atoms with Crippen LogP contribution in [0.15, 0.2) is 28.7 Å². The molecule has 0 spiro atoms. The SMILES string of the molecule is CC(N)C(c1ccc(Br)cc1)N1CCNC(=O)C1C. The lowest BCUT2D eigenvalue weighted by Crippen LogP contribution is -2.57. The second-order valence-electron chi connectivity index (χ2n) is 5.06. The van der Waals surface area contributed by atoms with E-state index in [0.29, 0.717) is 6.54 Å². The first-order chi connectivity index (χ1) is 9.00. The molecule has 1 aromatic rings. The molecule has 19 heavy (non-hydrogen) atoms. The first-order valence-electron chi connectivity index (χ1n) is 6.55. The number of halogens is 1. The largest absolute Gasteiger partial charge is 0.353 e. The van der Waals surface area contributed by atoms with Crippen LogP contribution < -0.4 is 11.1 Å². The van der Waals surface area contributed by atoms with Gasteiger partial charge in [0.15, 0.2) is 0 Å². The van der Waals surface area contributed by atoms with Gasteiger partial charge in [-0.05, 0) is 31.5 Å². The molecule has 0 aromatic heterocycles. The first kappa shape index (κ1) is 14.5. The number of hydrogen-bond donors (Lipinski definition) is 2. The van der Waals surface area contributed by atoms with Gasteiger partial charge >= 0.3 is 0 Å². The summed E-state index contributed by atoms with van der Waals surface area (Å²) in [5.41, 5.74) is 7.31. The minimum absolute atomic E-state index is 0.0328. The lowest BCUT2D eigenvalue weighted by Gasteiger charge is -2.41. The number of piperazine rings is 1. The predicted molar refractivity (Wildman–Crippen MR) is 79.7 cm³/mol. The number of benzene rings is 1. The first-order valence-corrected chi connectivity index (χ1v) is 7.34. The Morgan fingerprint density at radius 1 is 1.42 bits per heavy atom. The van der Waals surface area contributed by atoms with Crippen LogP contribution in [0.25, 0.3) is 0 Å². The molecule has 2 rings (SSSR count). The fraction of sp³-hybridized carbons (Fsp3) is 0.500. The van der Waals surface area contributed by atoms with Crippen molar-refractivity contribution in [2.24, 2.45) is 5.73 Å². The van der Waals surface area contributed by atoms with E-state index in [-0.39, 0.29) is 24.0 Å². The van der Waals surface area contributed by atoms with E-state index in [0.717, 1.165) is 16.6 Å². The molecule has 1 aromatic carbocycles. The molecule has 104 valence electrons. The molecule has 0 saturated carbocycles. The maximum absolute atomic E-state index is 11.8. The highest BCUT2D eigenvalue weighted by molar-refractivity contribution is 9.10. The predicted octanol–water partition coefficient (Wildman–Crippen LogP) is 1.66. The second kappa shape index (κ2) is 6.03. The zero-order valence-electron chi connectivity index (χ0n) is 11.3. The Balaban J connectivity index is 2.29. The summed E-state index contributed by atoms with van der Waals surface area (Å²) in [6, 6.07) is 8.05. The van der Waals surface area contributed by atoms with Crippen LogP contribution in [0, 0.1) is 0 Å². The molecule has 0 aliphatic carbocycles. The molecule has 1 heterocycles. The van der Waals surface area contributed by atoms with Gasteiger partial charge < -0.3 is 11.1 Å². The van der Waals surface area contributed by atoms with Crippen LogP contribution in [0.4, 0.5) is 0 Å². The standard InChI is InChI=1S/C14H20BrN3O/c1-9(16)13(11-3-5-12(15)6-4-11)18-8-7-17-14(19)10(18)2/h3-6,9-10,13H,7-8,16H2,1-2H3,(H,17,19). The Morgan fingerprint density at radius 3 is 2.63 bits per heavy atom. The topological polar surface area (TPSA) is 58.4 Å². The highest BCUT2D eigenvalue weighted by Gasteiger charge is 2.33. The van der Waals surface area contributed by atoms with Gasteiger partial charge in [-0.25, -0.2) is 0 Å². The molecule has 4 nitrogen and oxygen atoms in total. The third-order valence-corrected chi connectivity index (χ3v) is 4.14. The highest BCUT2D eigenvalue weighted by Crippen LogP contribution is 2.27. The smallest absolute Gasteiger partial charge is 0.237 e. The lowest BCUT2D eigenvalue weighted by molar-refractivity contribution is -0.129. The minimum Gasteiger partial charge on any atom is -0.353 e. The van der Waals surface area contributed by atoms with Crippen molar-refractivity contribution in [1.82, 2.24) is 10.2 Å². The van der Waals surface area contributed by atoms with Crippen LogP contribution in [-0.2, 0) is 4.79 Å². The van der Waals surface area contributed by atoms with Crippen molar-refractivity contribution in [2.75, 3.05) is 13.1 Å². The van der Waals surface area contributed by atoms with Gasteiger partial charge in [0.25, 0.3) is 0 Å². The molecular formula is C14H20BrN3O. The maximum atomic E-state index is 11.8. The average Bonchev–Trinajstić information content (AvgIpc) is 2.37. The quantitative estimate of drug-likeness (QED) is 0.888. The molecule has 3 unspecified atom stereocenters. The third-order valence-electron chi connectivity index (χ3n) is 3.61. The summed E-state index contributed by atoms with van der Waals surface area (Å²) in [7, 11) is 0. The van der Waals surface area contributed by atoms with Crippen LogP contribution in [0.3, 0.4) is 0 Å². The van der Waals surface area contributed by atoms with E-state index >= 15 is 0 Å². The number of nitrogens with two attached hydrogens (primary N) is 1. The third kappa shape index (κ3) is 3.16. The molecule has 3 atom stereocenters. The molecule has 0 radical (unpaired) electrons. The Kier molecular flexibility index (Phi) is 4.60.